The van der Waals surface area contributed by atoms with Crippen LogP contribution >= 0.6 is 11.6 Å². The molecule has 0 aliphatic carbocycles. The smallest absolute Gasteiger partial charge is 0.290 e. The number of carbonyl (C=O) groups is 1. The van der Waals surface area contributed by atoms with E-state index in [-0.39, 0.29) is 27.8 Å². The molecule has 4 rings (SSSR count). The van der Waals surface area contributed by atoms with Crippen molar-refractivity contribution < 1.29 is 22.4 Å². The van der Waals surface area contributed by atoms with E-state index >= 15 is 0 Å². The average Bonchev–Trinajstić information content (AvgIpc) is 3.47. The lowest BCUT2D eigenvalue weighted by molar-refractivity contribution is 0.0480. The first-order chi connectivity index (χ1) is 15.3. The molecule has 1 aromatic heterocycles. The zero-order valence-corrected chi connectivity index (χ0v) is 19.2. The maximum absolute atomic E-state index is 13.3. The highest BCUT2D eigenvalue weighted by atomic mass is 35.5. The third-order valence-electron chi connectivity index (χ3n) is 5.41. The van der Waals surface area contributed by atoms with Gasteiger partial charge in [-0.15, -0.1) is 0 Å². The van der Waals surface area contributed by atoms with E-state index < -0.39 is 9.84 Å². The minimum absolute atomic E-state index is 0.0253. The maximum atomic E-state index is 13.3. The second kappa shape index (κ2) is 9.48. The first kappa shape index (κ1) is 22.6. The molecule has 8 heteroatoms. The molecule has 1 unspecified atom stereocenters. The van der Waals surface area contributed by atoms with E-state index in [0.29, 0.717) is 24.7 Å². The van der Waals surface area contributed by atoms with Crippen LogP contribution < -0.4 is 0 Å². The second-order valence-electron chi connectivity index (χ2n) is 7.88. The molecule has 6 nitrogen and oxygen atoms in total. The fourth-order valence-corrected chi connectivity index (χ4v) is 4.93. The van der Waals surface area contributed by atoms with Crippen LogP contribution in [0.2, 0.25) is 5.02 Å². The highest BCUT2D eigenvalue weighted by molar-refractivity contribution is 7.91. The fraction of sp³-hybridized carbons (Fsp3) is 0.292. The molecule has 1 saturated heterocycles. The highest BCUT2D eigenvalue weighted by Gasteiger charge is 2.28. The molecule has 3 aromatic rings. The van der Waals surface area contributed by atoms with Gasteiger partial charge in [-0.05, 0) is 61.7 Å². The van der Waals surface area contributed by atoms with Crippen LogP contribution in [0, 0.1) is 6.92 Å². The molecule has 1 atom stereocenters. The molecular formula is C24H24ClNO5S. The van der Waals surface area contributed by atoms with Crippen molar-refractivity contribution in [2.24, 2.45) is 0 Å². The molecular weight excluding hydrogens is 450 g/mol. The van der Waals surface area contributed by atoms with Crippen molar-refractivity contribution in [3.63, 3.8) is 0 Å². The van der Waals surface area contributed by atoms with E-state index in [0.717, 1.165) is 24.0 Å². The van der Waals surface area contributed by atoms with E-state index in [9.17, 15) is 13.2 Å². The topological polar surface area (TPSA) is 76.8 Å². The van der Waals surface area contributed by atoms with Crippen molar-refractivity contribution in [2.45, 2.75) is 42.4 Å². The van der Waals surface area contributed by atoms with Crippen LogP contribution in [0.5, 0.6) is 0 Å². The summed E-state index contributed by atoms with van der Waals surface area (Å²) >= 11 is 5.85. The number of furan rings is 1. The van der Waals surface area contributed by atoms with Crippen LogP contribution in [0.25, 0.3) is 0 Å². The lowest BCUT2D eigenvalue weighted by Crippen LogP contribution is -2.36. The molecule has 0 saturated carbocycles. The Bertz CT molecular complexity index is 1180. The van der Waals surface area contributed by atoms with E-state index in [4.69, 9.17) is 20.8 Å². The minimum atomic E-state index is -3.90. The van der Waals surface area contributed by atoms with Gasteiger partial charge in [-0.25, -0.2) is 8.42 Å². The maximum Gasteiger partial charge on any atom is 0.290 e. The Morgan fingerprint density at radius 3 is 2.44 bits per heavy atom. The van der Waals surface area contributed by atoms with E-state index in [1.54, 1.807) is 4.90 Å². The Morgan fingerprint density at radius 2 is 1.78 bits per heavy atom. The number of sulfone groups is 1. The van der Waals surface area contributed by atoms with Crippen molar-refractivity contribution in [3.8, 4) is 0 Å². The first-order valence-electron chi connectivity index (χ1n) is 10.4. The molecule has 32 heavy (non-hydrogen) atoms. The van der Waals surface area contributed by atoms with Gasteiger partial charge in [-0.2, -0.15) is 0 Å². The number of rotatable bonds is 7. The Balaban J connectivity index is 1.58. The summed E-state index contributed by atoms with van der Waals surface area (Å²) in [4.78, 5) is 15.0. The summed E-state index contributed by atoms with van der Waals surface area (Å²) in [5.74, 6) is -0.402. The lowest BCUT2D eigenvalue weighted by Gasteiger charge is -2.25. The Morgan fingerprint density at radius 1 is 1.06 bits per heavy atom. The van der Waals surface area contributed by atoms with Gasteiger partial charge < -0.3 is 14.1 Å². The van der Waals surface area contributed by atoms with Gasteiger partial charge in [0.25, 0.3) is 5.91 Å². The van der Waals surface area contributed by atoms with Gasteiger partial charge in [0.1, 0.15) is 0 Å². The monoisotopic (exact) mass is 473 g/mol. The van der Waals surface area contributed by atoms with Gasteiger partial charge in [0.2, 0.25) is 14.9 Å². The highest BCUT2D eigenvalue weighted by Crippen LogP contribution is 2.25. The van der Waals surface area contributed by atoms with Crippen molar-refractivity contribution in [2.75, 3.05) is 13.2 Å². The van der Waals surface area contributed by atoms with Crippen molar-refractivity contribution in [1.82, 2.24) is 4.90 Å². The van der Waals surface area contributed by atoms with Gasteiger partial charge in [0, 0.05) is 24.7 Å². The normalized spacial score (nSPS) is 16.2. The van der Waals surface area contributed by atoms with Gasteiger partial charge >= 0.3 is 0 Å². The van der Waals surface area contributed by atoms with Crippen LogP contribution in [0.15, 0.2) is 75.1 Å². The summed E-state index contributed by atoms with van der Waals surface area (Å²) in [7, 11) is -3.90. The average molecular weight is 474 g/mol. The fourth-order valence-electron chi connectivity index (χ4n) is 3.63. The molecule has 2 aromatic carbocycles. The second-order valence-corrected chi connectivity index (χ2v) is 10.2. The largest absolute Gasteiger partial charge is 0.439 e. The van der Waals surface area contributed by atoms with Gasteiger partial charge in [-0.3, -0.25) is 4.79 Å². The predicted molar refractivity (Wildman–Crippen MR) is 121 cm³/mol. The number of aryl methyl sites for hydroxylation is 1. The van der Waals surface area contributed by atoms with Gasteiger partial charge in [-0.1, -0.05) is 41.4 Å². The van der Waals surface area contributed by atoms with Crippen molar-refractivity contribution in [3.05, 3.63) is 82.6 Å². The quantitative estimate of drug-likeness (QED) is 0.488. The molecule has 0 bridgehead atoms. The summed E-state index contributed by atoms with van der Waals surface area (Å²) in [6.07, 6.45) is 1.80. The summed E-state index contributed by atoms with van der Waals surface area (Å²) in [6.45, 7) is 3.47. The van der Waals surface area contributed by atoms with E-state index in [1.165, 1.54) is 36.4 Å². The third-order valence-corrected chi connectivity index (χ3v) is 7.30. The molecule has 0 radical (unpaired) electrons. The predicted octanol–water partition coefficient (Wildman–Crippen LogP) is 4.90. The molecule has 2 heterocycles. The van der Waals surface area contributed by atoms with Crippen molar-refractivity contribution >= 4 is 27.3 Å². The number of hydrogen-bond donors (Lipinski definition) is 0. The summed E-state index contributed by atoms with van der Waals surface area (Å²) in [6, 6.07) is 16.5. The van der Waals surface area contributed by atoms with Crippen LogP contribution in [-0.2, 0) is 21.1 Å². The molecule has 0 N–H and O–H groups in total. The Kier molecular flexibility index (Phi) is 6.69. The number of hydrogen-bond acceptors (Lipinski definition) is 5. The molecule has 1 aliphatic heterocycles. The van der Waals surface area contributed by atoms with Crippen LogP contribution in [0.1, 0.15) is 34.5 Å². The number of benzene rings is 2. The summed E-state index contributed by atoms with van der Waals surface area (Å²) in [5, 5.41) is 0.149. The SMILES string of the molecule is Cc1ccc(CN(CC2CCCO2)C(=O)c2ccc(S(=O)(=O)c3ccc(Cl)cc3)o2)cc1. The zero-order chi connectivity index (χ0) is 22.7. The van der Waals surface area contributed by atoms with Crippen LogP contribution in [-0.4, -0.2) is 38.5 Å². The van der Waals surface area contributed by atoms with E-state index in [2.05, 4.69) is 0 Å². The first-order valence-corrected chi connectivity index (χ1v) is 12.3. The zero-order valence-electron chi connectivity index (χ0n) is 17.7. The summed E-state index contributed by atoms with van der Waals surface area (Å²) in [5.41, 5.74) is 2.11. The van der Waals surface area contributed by atoms with Crippen LogP contribution in [0.3, 0.4) is 0 Å². The standard InChI is InChI=1S/C24H24ClNO5S/c1-17-4-6-18(7-5-17)15-26(16-20-3-2-14-30-20)24(27)22-12-13-23(31-22)32(28,29)21-10-8-19(25)9-11-21/h4-13,20H,2-3,14-16H2,1H3. The number of carbonyl (C=O) groups excluding carboxylic acids is 1. The third kappa shape index (κ3) is 5.06. The van der Waals surface area contributed by atoms with Gasteiger partial charge in [0.05, 0.1) is 11.0 Å². The Labute approximate surface area is 192 Å². The Hall–Kier alpha value is -2.61. The summed E-state index contributed by atoms with van der Waals surface area (Å²) < 4.78 is 37.0. The number of ether oxygens (including phenoxy) is 1. The van der Waals surface area contributed by atoms with Crippen LogP contribution in [0.4, 0.5) is 0 Å². The minimum Gasteiger partial charge on any atom is -0.439 e. The van der Waals surface area contributed by atoms with E-state index in [1.807, 2.05) is 31.2 Å². The lowest BCUT2D eigenvalue weighted by atomic mass is 10.1. The number of halogens is 1. The number of amides is 1. The van der Waals surface area contributed by atoms with Gasteiger partial charge in [0.15, 0.2) is 5.76 Å². The molecule has 168 valence electrons. The molecule has 1 amide bonds. The molecule has 1 aliphatic rings. The molecule has 0 spiro atoms. The number of nitrogens with zero attached hydrogens (tertiary/aromatic N) is 1. The van der Waals surface area contributed by atoms with Crippen molar-refractivity contribution in [1.29, 1.82) is 0 Å². The molecule has 1 fully saturated rings.